The number of benzene rings is 2. The van der Waals surface area contributed by atoms with Crippen LogP contribution in [0.5, 0.6) is 0 Å². The van der Waals surface area contributed by atoms with Gasteiger partial charge in [0.05, 0.1) is 11.2 Å². The Morgan fingerprint density at radius 2 is 1.88 bits per heavy atom. The lowest BCUT2D eigenvalue weighted by Crippen LogP contribution is -1.86. The first kappa shape index (κ1) is 9.97. The van der Waals surface area contributed by atoms with Crippen LogP contribution in [0.15, 0.2) is 54.6 Å². The zero-order chi connectivity index (χ0) is 11.7. The third kappa shape index (κ3) is 1.89. The molecule has 0 aliphatic heterocycles. The maximum Gasteiger partial charge on any atom is 0.123 e. The Bertz CT molecular complexity index is 676. The number of aromatic nitrogens is 1. The molecule has 17 heavy (non-hydrogen) atoms. The van der Waals surface area contributed by atoms with Crippen LogP contribution in [0, 0.1) is 11.9 Å². The third-order valence-electron chi connectivity index (χ3n) is 2.63. The van der Waals surface area contributed by atoms with E-state index in [9.17, 15) is 4.39 Å². The Morgan fingerprint density at radius 3 is 2.76 bits per heavy atom. The molecule has 0 unspecified atom stereocenters. The molecule has 2 aromatic carbocycles. The SMILES string of the molecule is Fc1cccc(-c2c[c]c3ccccc3n2)c1. The summed E-state index contributed by atoms with van der Waals surface area (Å²) in [7, 11) is 0. The van der Waals surface area contributed by atoms with Gasteiger partial charge in [-0.25, -0.2) is 9.37 Å². The third-order valence-corrected chi connectivity index (χ3v) is 2.63. The van der Waals surface area contributed by atoms with Crippen molar-refractivity contribution >= 4 is 10.9 Å². The molecular formula is C15H9FN. The number of hydrogen-bond donors (Lipinski definition) is 0. The molecule has 0 saturated carbocycles. The van der Waals surface area contributed by atoms with Gasteiger partial charge < -0.3 is 0 Å². The molecule has 0 fully saturated rings. The Labute approximate surface area is 98.6 Å². The summed E-state index contributed by atoms with van der Waals surface area (Å²) >= 11 is 0. The van der Waals surface area contributed by atoms with Gasteiger partial charge in [-0.1, -0.05) is 30.3 Å². The summed E-state index contributed by atoms with van der Waals surface area (Å²) in [4.78, 5) is 4.49. The second-order valence-corrected chi connectivity index (χ2v) is 3.81. The molecule has 1 nitrogen and oxygen atoms in total. The fourth-order valence-corrected chi connectivity index (χ4v) is 1.80. The van der Waals surface area contributed by atoms with Gasteiger partial charge >= 0.3 is 0 Å². The van der Waals surface area contributed by atoms with Crippen molar-refractivity contribution in [2.75, 3.05) is 0 Å². The highest BCUT2D eigenvalue weighted by atomic mass is 19.1. The summed E-state index contributed by atoms with van der Waals surface area (Å²) < 4.78 is 13.1. The summed E-state index contributed by atoms with van der Waals surface area (Å²) in [5, 5.41) is 0.965. The molecule has 0 amide bonds. The van der Waals surface area contributed by atoms with Crippen LogP contribution in [0.25, 0.3) is 22.2 Å². The van der Waals surface area contributed by atoms with Gasteiger partial charge in [-0.15, -0.1) is 0 Å². The van der Waals surface area contributed by atoms with Gasteiger partial charge in [0.15, 0.2) is 0 Å². The molecule has 0 saturated heterocycles. The maximum absolute atomic E-state index is 13.1. The number of rotatable bonds is 1. The average molecular weight is 222 g/mol. The summed E-state index contributed by atoms with van der Waals surface area (Å²) in [6.07, 6.45) is 0. The van der Waals surface area contributed by atoms with E-state index >= 15 is 0 Å². The summed E-state index contributed by atoms with van der Waals surface area (Å²) in [6, 6.07) is 19.1. The van der Waals surface area contributed by atoms with Gasteiger partial charge in [0.1, 0.15) is 5.82 Å². The summed E-state index contributed by atoms with van der Waals surface area (Å²) in [5.41, 5.74) is 2.38. The van der Waals surface area contributed by atoms with E-state index in [1.54, 1.807) is 12.1 Å². The number of fused-ring (bicyclic) bond motifs is 1. The second-order valence-electron chi connectivity index (χ2n) is 3.81. The van der Waals surface area contributed by atoms with Crippen molar-refractivity contribution in [1.29, 1.82) is 0 Å². The van der Waals surface area contributed by atoms with E-state index < -0.39 is 0 Å². The minimum absolute atomic E-state index is 0.252. The molecule has 1 aromatic heterocycles. The number of para-hydroxylation sites is 1. The van der Waals surface area contributed by atoms with Crippen molar-refractivity contribution in [1.82, 2.24) is 4.98 Å². The fourth-order valence-electron chi connectivity index (χ4n) is 1.80. The Kier molecular flexibility index (Phi) is 2.33. The first-order valence-corrected chi connectivity index (χ1v) is 5.36. The summed E-state index contributed by atoms with van der Waals surface area (Å²) in [5.74, 6) is -0.252. The molecular weight excluding hydrogens is 213 g/mol. The average Bonchev–Trinajstić information content (AvgIpc) is 2.38. The maximum atomic E-state index is 13.1. The van der Waals surface area contributed by atoms with Gasteiger partial charge in [-0.05, 0) is 30.3 Å². The second kappa shape index (κ2) is 3.98. The van der Waals surface area contributed by atoms with Crippen LogP contribution >= 0.6 is 0 Å². The first-order valence-electron chi connectivity index (χ1n) is 5.36. The molecule has 0 spiro atoms. The molecule has 0 bridgehead atoms. The molecule has 0 aliphatic carbocycles. The lowest BCUT2D eigenvalue weighted by Gasteiger charge is -2.02. The fraction of sp³-hybridized carbons (Fsp3) is 0. The van der Waals surface area contributed by atoms with Crippen LogP contribution in [-0.2, 0) is 0 Å². The number of halogens is 1. The minimum Gasteiger partial charge on any atom is -0.248 e. The molecule has 1 heterocycles. The van der Waals surface area contributed by atoms with Crippen molar-refractivity contribution in [3.63, 3.8) is 0 Å². The highest BCUT2D eigenvalue weighted by Crippen LogP contribution is 2.20. The number of pyridine rings is 1. The molecule has 2 heteroatoms. The van der Waals surface area contributed by atoms with Crippen LogP contribution in [0.4, 0.5) is 4.39 Å². The van der Waals surface area contributed by atoms with Crippen LogP contribution in [0.3, 0.4) is 0 Å². The Morgan fingerprint density at radius 1 is 1.00 bits per heavy atom. The van der Waals surface area contributed by atoms with Crippen molar-refractivity contribution in [3.8, 4) is 11.3 Å². The molecule has 1 radical (unpaired) electrons. The quantitative estimate of drug-likeness (QED) is 0.609. The predicted octanol–water partition coefficient (Wildman–Crippen LogP) is 3.84. The Balaban J connectivity index is 2.18. The molecule has 3 rings (SSSR count). The Hall–Kier alpha value is -2.22. The lowest BCUT2D eigenvalue weighted by atomic mass is 10.1. The monoisotopic (exact) mass is 222 g/mol. The van der Waals surface area contributed by atoms with E-state index in [1.807, 2.05) is 30.3 Å². The van der Waals surface area contributed by atoms with E-state index in [0.29, 0.717) is 0 Å². The van der Waals surface area contributed by atoms with Gasteiger partial charge in [0.25, 0.3) is 0 Å². The van der Waals surface area contributed by atoms with E-state index in [2.05, 4.69) is 11.1 Å². The van der Waals surface area contributed by atoms with E-state index in [-0.39, 0.29) is 5.82 Å². The van der Waals surface area contributed by atoms with Gasteiger partial charge in [-0.2, -0.15) is 0 Å². The topological polar surface area (TPSA) is 12.9 Å². The zero-order valence-corrected chi connectivity index (χ0v) is 9.02. The van der Waals surface area contributed by atoms with E-state index in [1.165, 1.54) is 12.1 Å². The first-order chi connectivity index (χ1) is 8.33. The van der Waals surface area contributed by atoms with Crippen LogP contribution < -0.4 is 0 Å². The lowest BCUT2D eigenvalue weighted by molar-refractivity contribution is 0.628. The van der Waals surface area contributed by atoms with Gasteiger partial charge in [0, 0.05) is 10.9 Å². The van der Waals surface area contributed by atoms with E-state index in [4.69, 9.17) is 0 Å². The normalized spacial score (nSPS) is 10.6. The molecule has 0 N–H and O–H groups in total. The minimum atomic E-state index is -0.252. The molecule has 81 valence electrons. The summed E-state index contributed by atoms with van der Waals surface area (Å²) in [6.45, 7) is 0. The van der Waals surface area contributed by atoms with Crippen molar-refractivity contribution in [3.05, 3.63) is 66.5 Å². The molecule has 0 atom stereocenters. The van der Waals surface area contributed by atoms with Gasteiger partial charge in [0.2, 0.25) is 0 Å². The largest absolute Gasteiger partial charge is 0.248 e. The van der Waals surface area contributed by atoms with Crippen molar-refractivity contribution < 1.29 is 4.39 Å². The van der Waals surface area contributed by atoms with E-state index in [0.717, 1.165) is 22.2 Å². The smallest absolute Gasteiger partial charge is 0.123 e. The number of nitrogens with zero attached hydrogens (tertiary/aromatic N) is 1. The standard InChI is InChI=1S/C15H9FN/c16-13-6-3-5-12(10-13)15-9-8-11-4-1-2-7-14(11)17-15/h1-7,9-10H. The van der Waals surface area contributed by atoms with Crippen LogP contribution in [0.2, 0.25) is 0 Å². The zero-order valence-electron chi connectivity index (χ0n) is 9.02. The van der Waals surface area contributed by atoms with Crippen molar-refractivity contribution in [2.45, 2.75) is 0 Å². The predicted molar refractivity (Wildman–Crippen MR) is 66.0 cm³/mol. The highest BCUT2D eigenvalue weighted by molar-refractivity contribution is 5.80. The number of hydrogen-bond acceptors (Lipinski definition) is 1. The van der Waals surface area contributed by atoms with Crippen LogP contribution in [0.1, 0.15) is 0 Å². The van der Waals surface area contributed by atoms with Crippen molar-refractivity contribution in [2.24, 2.45) is 0 Å². The van der Waals surface area contributed by atoms with Gasteiger partial charge in [-0.3, -0.25) is 0 Å². The van der Waals surface area contributed by atoms with Crippen LogP contribution in [-0.4, -0.2) is 4.98 Å². The highest BCUT2D eigenvalue weighted by Gasteiger charge is 2.02. The molecule has 3 aromatic rings. The molecule has 0 aliphatic rings.